The van der Waals surface area contributed by atoms with Crippen molar-refractivity contribution >= 4 is 114 Å². The molecular weight excluding hydrogens is 1860 g/mol. The van der Waals surface area contributed by atoms with E-state index in [0.29, 0.717) is 92.2 Å². The number of pyridine rings is 3. The highest BCUT2D eigenvalue weighted by Crippen LogP contribution is 2.34. The summed E-state index contributed by atoms with van der Waals surface area (Å²) < 4.78 is 23.8. The fourth-order valence-electron chi connectivity index (χ4n) is 16.2. The quantitative estimate of drug-likeness (QED) is 0.0225. The lowest BCUT2D eigenvalue weighted by atomic mass is 9.86. The molecule has 15 aromatic rings. The summed E-state index contributed by atoms with van der Waals surface area (Å²) in [6, 6.07) is 99.0. The van der Waals surface area contributed by atoms with Crippen LogP contribution >= 0.6 is 0 Å². The van der Waals surface area contributed by atoms with Crippen LogP contribution in [0.5, 0.6) is 11.5 Å². The lowest BCUT2D eigenvalue weighted by Crippen LogP contribution is -2.13. The Morgan fingerprint density at radius 3 is 1.07 bits per heavy atom. The van der Waals surface area contributed by atoms with E-state index in [1.54, 1.807) is 42.7 Å². The molecular formula is C130H153FN10O9. The van der Waals surface area contributed by atoms with Crippen molar-refractivity contribution in [1.82, 2.24) is 15.0 Å². The number of nitrogen functional groups attached to an aromatic ring is 1. The third-order valence-corrected chi connectivity index (χ3v) is 25.8. The van der Waals surface area contributed by atoms with Gasteiger partial charge in [-0.25, -0.2) is 9.37 Å². The van der Waals surface area contributed by atoms with Crippen molar-refractivity contribution < 1.29 is 47.4 Å². The zero-order valence-electron chi connectivity index (χ0n) is 91.8. The third kappa shape index (κ3) is 38.7. The van der Waals surface area contributed by atoms with Crippen LogP contribution in [0.3, 0.4) is 0 Å². The molecule has 3 heterocycles. The molecule has 0 aliphatic carbocycles. The normalized spacial score (nSPS) is 11.6. The molecule has 784 valence electrons. The molecule has 6 amide bonds. The molecule has 150 heavy (non-hydrogen) atoms. The molecule has 12 aromatic carbocycles. The Kier molecular flexibility index (Phi) is 42.4. The number of nitrogens with one attached hydrogen (secondary N) is 6. The van der Waals surface area contributed by atoms with E-state index in [1.807, 2.05) is 97.1 Å². The molecule has 0 fully saturated rings. The first-order valence-corrected chi connectivity index (χ1v) is 51.9. The van der Waals surface area contributed by atoms with Crippen molar-refractivity contribution in [2.24, 2.45) is 0 Å². The van der Waals surface area contributed by atoms with Gasteiger partial charge in [0.25, 0.3) is 0 Å². The van der Waals surface area contributed by atoms with Crippen LogP contribution in [0.1, 0.15) is 269 Å². The maximum absolute atomic E-state index is 13.4. The van der Waals surface area contributed by atoms with Crippen molar-refractivity contribution in [3.8, 4) is 11.5 Å². The van der Waals surface area contributed by atoms with Crippen LogP contribution in [0, 0.1) is 5.82 Å². The van der Waals surface area contributed by atoms with Gasteiger partial charge in [0.15, 0.2) is 11.6 Å². The molecule has 0 spiro atoms. The van der Waals surface area contributed by atoms with Crippen LogP contribution in [-0.4, -0.2) is 63.5 Å². The van der Waals surface area contributed by atoms with E-state index in [1.165, 1.54) is 87.9 Å². The number of carbonyl (C=O) groups excluding carboxylic acids is 7. The molecule has 1 unspecified atom stereocenters. The number of hydrogen-bond donors (Lipinski definition) is 7. The number of benzene rings is 12. The summed E-state index contributed by atoms with van der Waals surface area (Å²) in [5.41, 5.74) is 29.7. The molecule has 8 N–H and O–H groups in total. The molecule has 0 aliphatic rings. The Hall–Kier alpha value is -15.3. The minimum absolute atomic E-state index is 0.0111. The Balaban J connectivity index is 0.000000184. The second kappa shape index (κ2) is 54.6. The molecule has 3 aromatic heterocycles. The number of ether oxygens (including phenoxy) is 2. The SMILES string of the molecule is CC(=O)Nc1ccc(NC(=O)CCc2ccc(C(C)(C)C)cc2)cc1.CC(C)(C)c1ccc(CCC(=O)Nc2cccc3ncccc23)cc1.CC(C)(C)c1ccc(CCC(=O)Nc2cnc3ccccc3c2)cc1.CC(C)(C)c1ccc(CCC(=O)Oc2cc(N)nc3ccccc23)cc1.CCC(C)c1ccc(NC(=O)CCc2ccc(C(C)(C)C)cc2)cc1.COc1cc(NC(=O)CCc2ccc(C(C)(C)C)cc2)ccc1F. The van der Waals surface area contributed by atoms with Gasteiger partial charge in [0.1, 0.15) is 11.6 Å². The van der Waals surface area contributed by atoms with Gasteiger partial charge in [0.2, 0.25) is 35.4 Å². The smallest absolute Gasteiger partial charge is 0.311 e. The number of nitrogens with zero attached hydrogens (tertiary/aromatic N) is 3. The number of hydrogen-bond acceptors (Lipinski definition) is 13. The van der Waals surface area contributed by atoms with Gasteiger partial charge < -0.3 is 47.1 Å². The van der Waals surface area contributed by atoms with Gasteiger partial charge in [0.05, 0.1) is 41.2 Å². The lowest BCUT2D eigenvalue weighted by molar-refractivity contribution is -0.134. The van der Waals surface area contributed by atoms with Gasteiger partial charge in [-0.05, 0) is 253 Å². The van der Waals surface area contributed by atoms with Gasteiger partial charge in [-0.1, -0.05) is 333 Å². The number of halogens is 1. The number of aryl methyl sites for hydroxylation is 6. The topological polar surface area (TPSA) is 275 Å². The van der Waals surface area contributed by atoms with Crippen LogP contribution in [-0.2, 0) is 105 Å². The predicted molar refractivity (Wildman–Crippen MR) is 618 cm³/mol. The Morgan fingerprint density at radius 2 is 0.673 bits per heavy atom. The summed E-state index contributed by atoms with van der Waals surface area (Å²) in [7, 11) is 1.39. The number of amides is 6. The number of anilines is 7. The second-order valence-corrected chi connectivity index (χ2v) is 44.3. The lowest BCUT2D eigenvalue weighted by Gasteiger charge is -2.19. The average molecular weight is 2020 g/mol. The average Bonchev–Trinajstić information content (AvgIpc) is 0.815. The number of aromatic nitrogens is 3. The summed E-state index contributed by atoms with van der Waals surface area (Å²) in [4.78, 5) is 97.1. The zero-order valence-corrected chi connectivity index (χ0v) is 91.8. The minimum Gasteiger partial charge on any atom is -0.494 e. The maximum atomic E-state index is 13.4. The standard InChI is InChI=1S/C23H31NO.C22H24N2O2.2C22H24N2O.C21H26N2O2.C20H24FNO2/c1-6-17(2)19-10-14-21(15-11-19)24-22(25)16-9-18-7-12-20(13-8-18)23(3,4)5;1-22(2,3)16-11-8-15(9-12-16)10-13-21(25)26-19-14-20(23)24-18-7-5-4-6-17(18)19;1-22(2,3)17-12-9-16(10-13-17)11-14-21(25)24-20-8-4-7-19-18(20)6-5-15-23-19;1-22(2,3)18-11-8-16(9-12-18)10-13-21(25)24-19-14-17-6-4-5-7-20(17)23-15-19;1-15(24)22-18-10-12-19(13-11-18)23-20(25)14-7-16-5-8-17(9-6-16)21(2,3)4;1-20(2,3)15-8-5-14(6-9-15)7-12-19(23)22-16-10-11-17(21)18(13-16)24-4/h7-8,10-15,17H,6,9,16H2,1-5H3,(H,24,25);4-9,11-12,14H,10,13H2,1-3H3,(H2,23,24);4-10,12-13,15H,11,14H2,1-3H3,(H,24,25);4-9,11-12,14-15H,10,13H2,1-3H3,(H,24,25);5-6,8-13H,7,14H2,1-4H3,(H,22,24)(H,23,25);5-6,8-11,13H,7,12H2,1-4H3,(H,22,23). The van der Waals surface area contributed by atoms with Gasteiger partial charge in [-0.2, -0.15) is 0 Å². The van der Waals surface area contributed by atoms with E-state index < -0.39 is 5.82 Å². The van der Waals surface area contributed by atoms with E-state index >= 15 is 0 Å². The monoisotopic (exact) mass is 2020 g/mol. The number of fused-ring (bicyclic) bond motifs is 3. The Bertz CT molecular complexity index is 6940. The molecule has 19 nitrogen and oxygen atoms in total. The van der Waals surface area contributed by atoms with Crippen molar-refractivity contribution in [2.45, 2.75) is 267 Å². The fraction of sp³-hybridized carbons (Fsp3) is 0.323. The fourth-order valence-corrected chi connectivity index (χ4v) is 16.2. The third-order valence-electron chi connectivity index (χ3n) is 25.8. The number of esters is 1. The minimum atomic E-state index is -0.450. The van der Waals surface area contributed by atoms with Crippen LogP contribution in [0.4, 0.5) is 44.3 Å². The first-order valence-electron chi connectivity index (χ1n) is 51.9. The van der Waals surface area contributed by atoms with E-state index in [4.69, 9.17) is 15.2 Å². The maximum Gasteiger partial charge on any atom is 0.311 e. The molecule has 20 heteroatoms. The second-order valence-electron chi connectivity index (χ2n) is 44.3. The summed E-state index contributed by atoms with van der Waals surface area (Å²) in [5, 5.41) is 20.1. The summed E-state index contributed by atoms with van der Waals surface area (Å²) in [6.45, 7) is 45.3. The van der Waals surface area contributed by atoms with Crippen LogP contribution in [0.15, 0.2) is 316 Å². The van der Waals surface area contributed by atoms with E-state index in [2.05, 4.69) is 343 Å². The van der Waals surface area contributed by atoms with Gasteiger partial charge in [-0.3, -0.25) is 43.5 Å². The first-order chi connectivity index (χ1) is 71.0. The molecule has 0 radical (unpaired) electrons. The van der Waals surface area contributed by atoms with Gasteiger partial charge >= 0.3 is 5.97 Å². The Labute approximate surface area is 888 Å². The predicted octanol–water partition coefficient (Wildman–Crippen LogP) is 30.1. The van der Waals surface area contributed by atoms with E-state index in [9.17, 15) is 38.0 Å². The van der Waals surface area contributed by atoms with E-state index in [-0.39, 0.29) is 79.7 Å². The van der Waals surface area contributed by atoms with E-state index in [0.717, 1.165) is 92.3 Å². The van der Waals surface area contributed by atoms with Crippen molar-refractivity contribution in [1.29, 1.82) is 0 Å². The molecule has 0 saturated heterocycles. The molecule has 0 aliphatic heterocycles. The zero-order chi connectivity index (χ0) is 109. The number of carbonyl (C=O) groups is 7. The summed E-state index contributed by atoms with van der Waals surface area (Å²) in [6.07, 6.45) is 11.4. The number of para-hydroxylation sites is 2. The molecule has 1 atom stereocenters. The van der Waals surface area contributed by atoms with Crippen molar-refractivity contribution in [3.63, 3.8) is 0 Å². The van der Waals surface area contributed by atoms with Crippen LogP contribution in [0.25, 0.3) is 32.7 Å². The highest BCUT2D eigenvalue weighted by molar-refractivity contribution is 6.01. The van der Waals surface area contributed by atoms with Gasteiger partial charge in [-0.15, -0.1) is 0 Å². The number of nitrogens with two attached hydrogens (primary N) is 1. The largest absolute Gasteiger partial charge is 0.494 e. The van der Waals surface area contributed by atoms with Crippen LogP contribution in [0.2, 0.25) is 0 Å². The molecule has 0 bridgehead atoms. The van der Waals surface area contributed by atoms with Gasteiger partial charge in [0, 0.05) is 103 Å². The summed E-state index contributed by atoms with van der Waals surface area (Å²) in [5.74, 6) is 0.598. The Morgan fingerprint density at radius 1 is 0.333 bits per heavy atom. The summed E-state index contributed by atoms with van der Waals surface area (Å²) >= 11 is 0. The van der Waals surface area contributed by atoms with Crippen molar-refractivity contribution in [2.75, 3.05) is 44.7 Å². The molecule has 15 rings (SSSR count). The highest BCUT2D eigenvalue weighted by Gasteiger charge is 2.22. The number of methoxy groups -OCH3 is 1. The highest BCUT2D eigenvalue weighted by atomic mass is 19.1. The number of rotatable bonds is 28. The van der Waals surface area contributed by atoms with Crippen LogP contribution < -0.4 is 47.1 Å². The molecule has 0 saturated carbocycles. The first kappa shape index (κ1) is 117. The van der Waals surface area contributed by atoms with Crippen molar-refractivity contribution in [3.05, 3.63) is 394 Å².